The lowest BCUT2D eigenvalue weighted by Crippen LogP contribution is -2.19. The van der Waals surface area contributed by atoms with Crippen LogP contribution in [0.1, 0.15) is 37.3 Å². The highest BCUT2D eigenvalue weighted by atomic mass is 32.2. The van der Waals surface area contributed by atoms with E-state index in [1.807, 2.05) is 35.9 Å². The number of carbonyl (C=O) groups is 1. The third-order valence-electron chi connectivity index (χ3n) is 5.15. The van der Waals surface area contributed by atoms with Crippen molar-refractivity contribution in [1.82, 2.24) is 20.2 Å². The second kappa shape index (κ2) is 6.55. The van der Waals surface area contributed by atoms with Crippen LogP contribution in [0, 0.1) is 18.8 Å². The zero-order chi connectivity index (χ0) is 16.5. The van der Waals surface area contributed by atoms with Gasteiger partial charge in [-0.05, 0) is 60.6 Å². The van der Waals surface area contributed by atoms with Crippen LogP contribution in [0.25, 0.3) is 0 Å². The lowest BCUT2D eigenvalue weighted by Gasteiger charge is -2.22. The van der Waals surface area contributed by atoms with Gasteiger partial charge in [-0.3, -0.25) is 4.79 Å². The minimum Gasteiger partial charge on any atom is -0.325 e. The molecule has 4 rings (SSSR count). The first kappa shape index (κ1) is 15.6. The first-order valence-corrected chi connectivity index (χ1v) is 9.45. The summed E-state index contributed by atoms with van der Waals surface area (Å²) in [5, 5.41) is 15.8. The fourth-order valence-electron chi connectivity index (χ4n) is 3.96. The third-order valence-corrected chi connectivity index (χ3v) is 6.08. The van der Waals surface area contributed by atoms with E-state index < -0.39 is 0 Å². The van der Waals surface area contributed by atoms with Crippen molar-refractivity contribution in [2.75, 3.05) is 11.1 Å². The van der Waals surface area contributed by atoms with Crippen LogP contribution < -0.4 is 5.32 Å². The molecule has 2 aliphatic rings. The summed E-state index contributed by atoms with van der Waals surface area (Å²) < 4.78 is 1.95. The molecular weight excluding hydrogens is 322 g/mol. The number of carbonyl (C=O) groups excluding carboxylic acids is 1. The summed E-state index contributed by atoms with van der Waals surface area (Å²) in [7, 11) is 0. The zero-order valence-corrected chi connectivity index (χ0v) is 14.5. The molecular formula is C17H21N5OS. The minimum absolute atomic E-state index is 0.0358. The Kier molecular flexibility index (Phi) is 4.26. The van der Waals surface area contributed by atoms with E-state index in [1.54, 1.807) is 0 Å². The highest BCUT2D eigenvalue weighted by Gasteiger charge is 2.42. The maximum atomic E-state index is 12.1. The molecule has 2 fully saturated rings. The van der Waals surface area contributed by atoms with Crippen LogP contribution in [0.2, 0.25) is 0 Å². The summed E-state index contributed by atoms with van der Waals surface area (Å²) in [5.41, 5.74) is 1.99. The number of hydrogen-bond donors (Lipinski definition) is 1. The second-order valence-corrected chi connectivity index (χ2v) is 7.79. The molecule has 0 saturated heterocycles. The van der Waals surface area contributed by atoms with Gasteiger partial charge in [0.15, 0.2) is 0 Å². The molecule has 1 aromatic carbocycles. The van der Waals surface area contributed by atoms with Crippen molar-refractivity contribution in [2.45, 2.75) is 43.8 Å². The van der Waals surface area contributed by atoms with Crippen LogP contribution in [0.5, 0.6) is 0 Å². The molecule has 2 saturated carbocycles. The van der Waals surface area contributed by atoms with Gasteiger partial charge in [0.05, 0.1) is 11.8 Å². The van der Waals surface area contributed by atoms with Crippen LogP contribution in [0.4, 0.5) is 5.69 Å². The molecule has 0 radical (unpaired) electrons. The largest absolute Gasteiger partial charge is 0.325 e. The first-order valence-electron chi connectivity index (χ1n) is 8.46. The molecule has 6 nitrogen and oxygen atoms in total. The smallest absolute Gasteiger partial charge is 0.234 e. The Labute approximate surface area is 145 Å². The Hall–Kier alpha value is -1.89. The molecule has 3 unspecified atom stereocenters. The Morgan fingerprint density at radius 3 is 2.83 bits per heavy atom. The van der Waals surface area contributed by atoms with Crippen molar-refractivity contribution >= 4 is 23.4 Å². The van der Waals surface area contributed by atoms with Crippen molar-refractivity contribution in [2.24, 2.45) is 11.8 Å². The molecule has 2 bridgehead atoms. The fraction of sp³-hybridized carbons (Fsp3) is 0.529. The zero-order valence-electron chi connectivity index (χ0n) is 13.7. The number of aromatic nitrogens is 4. The van der Waals surface area contributed by atoms with Crippen molar-refractivity contribution in [3.63, 3.8) is 0 Å². The van der Waals surface area contributed by atoms with E-state index >= 15 is 0 Å². The summed E-state index contributed by atoms with van der Waals surface area (Å²) >= 11 is 1.41. The molecule has 1 heterocycles. The normalized spacial score (nSPS) is 25.1. The number of thioether (sulfide) groups is 1. The van der Waals surface area contributed by atoms with E-state index in [-0.39, 0.29) is 5.91 Å². The predicted octanol–water partition coefficient (Wildman–Crippen LogP) is 3.07. The van der Waals surface area contributed by atoms with Crippen LogP contribution in [0.3, 0.4) is 0 Å². The number of anilines is 1. The summed E-state index contributed by atoms with van der Waals surface area (Å²) in [4.78, 5) is 12.1. The molecule has 3 atom stereocenters. The summed E-state index contributed by atoms with van der Waals surface area (Å²) in [6.45, 7) is 2.02. The van der Waals surface area contributed by atoms with E-state index in [0.29, 0.717) is 17.7 Å². The minimum atomic E-state index is -0.0358. The van der Waals surface area contributed by atoms with Crippen LogP contribution in [0.15, 0.2) is 29.4 Å². The monoisotopic (exact) mass is 343 g/mol. The van der Waals surface area contributed by atoms with E-state index in [1.165, 1.54) is 43.0 Å². The topological polar surface area (TPSA) is 72.7 Å². The van der Waals surface area contributed by atoms with Gasteiger partial charge in [-0.2, -0.15) is 0 Å². The second-order valence-electron chi connectivity index (χ2n) is 6.85. The van der Waals surface area contributed by atoms with Gasteiger partial charge >= 0.3 is 0 Å². The van der Waals surface area contributed by atoms with Crippen molar-refractivity contribution in [1.29, 1.82) is 0 Å². The molecule has 1 amide bonds. The molecule has 1 N–H and O–H groups in total. The number of nitrogens with zero attached hydrogens (tertiary/aromatic N) is 4. The first-order chi connectivity index (χ1) is 11.7. The number of rotatable bonds is 5. The molecule has 2 aromatic rings. The number of nitrogens with one attached hydrogen (secondary N) is 1. The van der Waals surface area contributed by atoms with Gasteiger partial charge in [0.2, 0.25) is 11.1 Å². The van der Waals surface area contributed by atoms with E-state index in [2.05, 4.69) is 20.8 Å². The summed E-state index contributed by atoms with van der Waals surface area (Å²) in [5.74, 6) is 1.83. The fourth-order valence-corrected chi connectivity index (χ4v) is 4.69. The van der Waals surface area contributed by atoms with Gasteiger partial charge in [-0.1, -0.05) is 35.9 Å². The lowest BCUT2D eigenvalue weighted by atomic mass is 9.96. The van der Waals surface area contributed by atoms with E-state index in [0.717, 1.165) is 16.8 Å². The average Bonchev–Trinajstić information content (AvgIpc) is 3.31. The van der Waals surface area contributed by atoms with Gasteiger partial charge in [-0.25, -0.2) is 4.68 Å². The highest BCUT2D eigenvalue weighted by molar-refractivity contribution is 7.99. The standard InChI is InChI=1S/C17H21N5OS/c1-11-2-6-14(7-3-11)18-16(23)10-24-17-19-20-21-22(17)15-9-12-4-5-13(15)8-12/h2-3,6-7,12-13,15H,4-5,8-10H2,1H3,(H,18,23). The van der Waals surface area contributed by atoms with E-state index in [9.17, 15) is 4.79 Å². The van der Waals surface area contributed by atoms with Gasteiger partial charge in [0.25, 0.3) is 0 Å². The Morgan fingerprint density at radius 2 is 2.12 bits per heavy atom. The quantitative estimate of drug-likeness (QED) is 0.845. The van der Waals surface area contributed by atoms with E-state index in [4.69, 9.17) is 0 Å². The molecule has 1 aromatic heterocycles. The average molecular weight is 343 g/mol. The lowest BCUT2D eigenvalue weighted by molar-refractivity contribution is -0.113. The Bertz CT molecular complexity index is 729. The van der Waals surface area contributed by atoms with Crippen molar-refractivity contribution in [3.8, 4) is 0 Å². The van der Waals surface area contributed by atoms with Gasteiger partial charge < -0.3 is 5.32 Å². The molecule has 126 valence electrons. The molecule has 7 heteroatoms. The van der Waals surface area contributed by atoms with Gasteiger partial charge in [0.1, 0.15) is 0 Å². The number of hydrogen-bond acceptors (Lipinski definition) is 5. The van der Waals surface area contributed by atoms with Crippen LogP contribution >= 0.6 is 11.8 Å². The maximum Gasteiger partial charge on any atom is 0.234 e. The molecule has 0 spiro atoms. The Balaban J connectivity index is 1.35. The molecule has 24 heavy (non-hydrogen) atoms. The molecule has 0 aliphatic heterocycles. The number of tetrazole rings is 1. The third kappa shape index (κ3) is 3.17. The maximum absolute atomic E-state index is 12.1. The van der Waals surface area contributed by atoms with Crippen LogP contribution in [-0.2, 0) is 4.79 Å². The molecule has 2 aliphatic carbocycles. The summed E-state index contributed by atoms with van der Waals surface area (Å²) in [6, 6.07) is 8.21. The SMILES string of the molecule is Cc1ccc(NC(=O)CSc2nnnn2C2CC3CCC2C3)cc1. The van der Waals surface area contributed by atoms with Crippen molar-refractivity contribution in [3.05, 3.63) is 29.8 Å². The predicted molar refractivity (Wildman–Crippen MR) is 92.8 cm³/mol. The number of amides is 1. The number of aryl methyl sites for hydroxylation is 1. The summed E-state index contributed by atoms with van der Waals surface area (Å²) in [6.07, 6.45) is 5.12. The van der Waals surface area contributed by atoms with Gasteiger partial charge in [0, 0.05) is 5.69 Å². The van der Waals surface area contributed by atoms with Gasteiger partial charge in [-0.15, -0.1) is 5.10 Å². The van der Waals surface area contributed by atoms with Crippen molar-refractivity contribution < 1.29 is 4.79 Å². The Morgan fingerprint density at radius 1 is 1.29 bits per heavy atom. The number of fused-ring (bicyclic) bond motifs is 2. The number of benzene rings is 1. The highest BCUT2D eigenvalue weighted by Crippen LogP contribution is 2.50. The van der Waals surface area contributed by atoms with Crippen LogP contribution in [-0.4, -0.2) is 31.9 Å².